The average Bonchev–Trinajstić information content (AvgIpc) is 2.64. The molecular weight excluding hydrogens is 290 g/mol. The predicted molar refractivity (Wildman–Crippen MR) is 107 cm³/mol. The standard InChI is InChI=1S/C14H16N.C9H12/c1-15(2,13-9-5-3-6-10-13)14-11-7-4-8-12-14;1-8(2)9-6-4-3-5-7-9/h3-12H,1-2H3;3-8H,1-2H3/q+1;. The molecule has 1 nitrogen and oxygen atoms in total. The lowest BCUT2D eigenvalue weighted by Crippen LogP contribution is -2.33. The van der Waals surface area contributed by atoms with Crippen LogP contribution in [0.2, 0.25) is 0 Å². The summed E-state index contributed by atoms with van der Waals surface area (Å²) in [7, 11) is 4.40. The summed E-state index contributed by atoms with van der Waals surface area (Å²) in [6, 6.07) is 31.6. The van der Waals surface area contributed by atoms with Gasteiger partial charge in [-0.1, -0.05) is 80.6 Å². The highest BCUT2D eigenvalue weighted by Crippen LogP contribution is 2.29. The van der Waals surface area contributed by atoms with Crippen LogP contribution in [0, 0.1) is 0 Å². The van der Waals surface area contributed by atoms with E-state index in [2.05, 4.69) is 113 Å². The molecule has 0 radical (unpaired) electrons. The fourth-order valence-electron chi connectivity index (χ4n) is 2.59. The SMILES string of the molecule is CC(C)c1ccccc1.C[N+](C)(c1ccccc1)c1ccccc1. The Balaban J connectivity index is 0.000000198. The van der Waals surface area contributed by atoms with Crippen LogP contribution in [-0.4, -0.2) is 14.1 Å². The van der Waals surface area contributed by atoms with E-state index in [9.17, 15) is 0 Å². The molecule has 0 amide bonds. The van der Waals surface area contributed by atoms with Gasteiger partial charge in [0.1, 0.15) is 11.4 Å². The Morgan fingerprint density at radius 3 is 1.17 bits per heavy atom. The minimum absolute atomic E-state index is 0.659. The molecule has 24 heavy (non-hydrogen) atoms. The zero-order valence-corrected chi connectivity index (χ0v) is 15.2. The molecule has 3 aromatic rings. The fraction of sp³-hybridized carbons (Fsp3) is 0.217. The molecule has 0 aromatic heterocycles. The molecule has 0 atom stereocenters. The third kappa shape index (κ3) is 4.81. The van der Waals surface area contributed by atoms with Crippen molar-refractivity contribution in [3.05, 3.63) is 96.6 Å². The molecule has 0 spiro atoms. The van der Waals surface area contributed by atoms with Crippen molar-refractivity contribution < 1.29 is 0 Å². The molecule has 0 aliphatic rings. The second-order valence-electron chi connectivity index (χ2n) is 6.69. The van der Waals surface area contributed by atoms with Gasteiger partial charge in [-0.25, -0.2) is 0 Å². The van der Waals surface area contributed by atoms with E-state index in [4.69, 9.17) is 0 Å². The Morgan fingerprint density at radius 1 is 0.542 bits per heavy atom. The van der Waals surface area contributed by atoms with E-state index in [1.54, 1.807) is 0 Å². The van der Waals surface area contributed by atoms with Crippen molar-refractivity contribution in [2.24, 2.45) is 0 Å². The fourth-order valence-corrected chi connectivity index (χ4v) is 2.59. The lowest BCUT2D eigenvalue weighted by molar-refractivity contribution is 0.555. The minimum Gasteiger partial charge on any atom is -0.264 e. The molecule has 0 bridgehead atoms. The molecule has 3 aromatic carbocycles. The van der Waals surface area contributed by atoms with Gasteiger partial charge in [0.15, 0.2) is 0 Å². The van der Waals surface area contributed by atoms with Gasteiger partial charge in [-0.2, -0.15) is 0 Å². The van der Waals surface area contributed by atoms with Crippen LogP contribution in [0.3, 0.4) is 0 Å². The molecule has 0 fully saturated rings. The number of quaternary nitrogens is 1. The van der Waals surface area contributed by atoms with Gasteiger partial charge in [-0.3, -0.25) is 4.48 Å². The van der Waals surface area contributed by atoms with Crippen LogP contribution in [-0.2, 0) is 0 Å². The Bertz CT molecular complexity index is 659. The quantitative estimate of drug-likeness (QED) is 0.490. The number of benzene rings is 3. The third-order valence-electron chi connectivity index (χ3n) is 4.27. The summed E-state index contributed by atoms with van der Waals surface area (Å²) in [5, 5.41) is 0. The molecule has 0 N–H and O–H groups in total. The van der Waals surface area contributed by atoms with Crippen molar-refractivity contribution in [2.75, 3.05) is 14.1 Å². The monoisotopic (exact) mass is 318 g/mol. The predicted octanol–water partition coefficient (Wildman–Crippen LogP) is 6.40. The molecule has 0 unspecified atom stereocenters. The van der Waals surface area contributed by atoms with Crippen LogP contribution in [0.1, 0.15) is 25.3 Å². The Morgan fingerprint density at radius 2 is 0.875 bits per heavy atom. The number of hydrogen-bond acceptors (Lipinski definition) is 0. The first-order valence-electron chi connectivity index (χ1n) is 8.52. The van der Waals surface area contributed by atoms with Crippen LogP contribution in [0.5, 0.6) is 0 Å². The second kappa shape index (κ2) is 8.47. The van der Waals surface area contributed by atoms with E-state index in [0.717, 1.165) is 4.48 Å². The maximum Gasteiger partial charge on any atom is 0.137 e. The summed E-state index contributed by atoms with van der Waals surface area (Å²) in [5.41, 5.74) is 4.00. The smallest absolute Gasteiger partial charge is 0.137 e. The van der Waals surface area contributed by atoms with E-state index in [1.165, 1.54) is 16.9 Å². The molecule has 0 aliphatic carbocycles. The lowest BCUT2D eigenvalue weighted by atomic mass is 10.0. The summed E-state index contributed by atoms with van der Waals surface area (Å²) >= 11 is 0. The van der Waals surface area contributed by atoms with E-state index in [1.807, 2.05) is 6.07 Å². The topological polar surface area (TPSA) is 0 Å². The van der Waals surface area contributed by atoms with Crippen molar-refractivity contribution in [1.29, 1.82) is 0 Å². The van der Waals surface area contributed by atoms with Gasteiger partial charge in [0, 0.05) is 0 Å². The maximum absolute atomic E-state index is 2.20. The maximum atomic E-state index is 2.20. The van der Waals surface area contributed by atoms with Gasteiger partial charge in [0.25, 0.3) is 0 Å². The first kappa shape index (κ1) is 18.0. The van der Waals surface area contributed by atoms with Gasteiger partial charge in [0.2, 0.25) is 0 Å². The van der Waals surface area contributed by atoms with E-state index < -0.39 is 0 Å². The molecule has 3 rings (SSSR count). The van der Waals surface area contributed by atoms with E-state index in [0.29, 0.717) is 5.92 Å². The lowest BCUT2D eigenvalue weighted by Gasteiger charge is -2.28. The van der Waals surface area contributed by atoms with Gasteiger partial charge in [0.05, 0.1) is 14.1 Å². The van der Waals surface area contributed by atoms with Crippen LogP contribution in [0.4, 0.5) is 11.4 Å². The summed E-state index contributed by atoms with van der Waals surface area (Å²) < 4.78 is 0.779. The number of rotatable bonds is 3. The molecular formula is C23H28N+. The molecule has 0 heterocycles. The second-order valence-corrected chi connectivity index (χ2v) is 6.69. The summed E-state index contributed by atoms with van der Waals surface area (Å²) in [5.74, 6) is 0.659. The third-order valence-corrected chi connectivity index (χ3v) is 4.27. The highest BCUT2D eigenvalue weighted by Gasteiger charge is 2.20. The first-order valence-corrected chi connectivity index (χ1v) is 8.52. The zero-order valence-electron chi connectivity index (χ0n) is 15.2. The zero-order chi connectivity index (χ0) is 17.4. The molecule has 0 saturated carbocycles. The van der Waals surface area contributed by atoms with Crippen LogP contribution in [0.15, 0.2) is 91.0 Å². The summed E-state index contributed by atoms with van der Waals surface area (Å²) in [4.78, 5) is 0. The van der Waals surface area contributed by atoms with E-state index in [-0.39, 0.29) is 0 Å². The number of para-hydroxylation sites is 2. The van der Waals surface area contributed by atoms with E-state index >= 15 is 0 Å². The average molecular weight is 318 g/mol. The highest BCUT2D eigenvalue weighted by atomic mass is 15.3. The Hall–Kier alpha value is -2.38. The van der Waals surface area contributed by atoms with Crippen LogP contribution < -0.4 is 4.48 Å². The van der Waals surface area contributed by atoms with Gasteiger partial charge in [-0.15, -0.1) is 0 Å². The Kier molecular flexibility index (Phi) is 6.34. The van der Waals surface area contributed by atoms with Crippen LogP contribution in [0.25, 0.3) is 0 Å². The first-order chi connectivity index (χ1) is 11.5. The van der Waals surface area contributed by atoms with Gasteiger partial charge >= 0.3 is 0 Å². The van der Waals surface area contributed by atoms with Crippen molar-refractivity contribution in [3.8, 4) is 0 Å². The molecule has 0 aliphatic heterocycles. The van der Waals surface area contributed by atoms with Crippen LogP contribution >= 0.6 is 0 Å². The molecule has 1 heteroatoms. The Labute approximate surface area is 146 Å². The minimum atomic E-state index is 0.659. The van der Waals surface area contributed by atoms with Crippen molar-refractivity contribution in [1.82, 2.24) is 4.48 Å². The summed E-state index contributed by atoms with van der Waals surface area (Å²) in [6.07, 6.45) is 0. The molecule has 124 valence electrons. The largest absolute Gasteiger partial charge is 0.264 e. The van der Waals surface area contributed by atoms with Crippen molar-refractivity contribution in [2.45, 2.75) is 19.8 Å². The molecule has 0 saturated heterocycles. The number of nitrogens with zero attached hydrogens (tertiary/aromatic N) is 1. The number of hydrogen-bond donors (Lipinski definition) is 0. The van der Waals surface area contributed by atoms with Gasteiger partial charge < -0.3 is 0 Å². The highest BCUT2D eigenvalue weighted by molar-refractivity contribution is 5.56. The van der Waals surface area contributed by atoms with Crippen molar-refractivity contribution >= 4 is 11.4 Å². The van der Waals surface area contributed by atoms with Gasteiger partial charge in [-0.05, 0) is 35.7 Å². The normalized spacial score (nSPS) is 10.9. The van der Waals surface area contributed by atoms with Crippen molar-refractivity contribution in [3.63, 3.8) is 0 Å². The summed E-state index contributed by atoms with van der Waals surface area (Å²) in [6.45, 7) is 4.41.